The number of hydrogen-bond acceptors (Lipinski definition) is 4. The molecule has 0 aromatic rings. The molecule has 146 valence electrons. The van der Waals surface area contributed by atoms with Gasteiger partial charge in [-0.15, -0.1) is 0 Å². The highest BCUT2D eigenvalue weighted by molar-refractivity contribution is 7.92. The number of hydrogen-bond donors (Lipinski definition) is 2. The summed E-state index contributed by atoms with van der Waals surface area (Å²) in [6, 6.07) is 0.395. The van der Waals surface area contributed by atoms with Crippen LogP contribution in [0.25, 0.3) is 0 Å². The Hall–Kier alpha value is -0.820. The van der Waals surface area contributed by atoms with Crippen LogP contribution in [-0.4, -0.2) is 69.0 Å². The fraction of sp³-hybridized carbons (Fsp3) is 0.944. The van der Waals surface area contributed by atoms with Crippen molar-refractivity contribution in [1.82, 2.24) is 15.5 Å². The fourth-order valence-corrected chi connectivity index (χ4v) is 4.66. The maximum Gasteiger partial charge on any atom is 0.191 e. The number of sulfone groups is 1. The van der Waals surface area contributed by atoms with Crippen LogP contribution < -0.4 is 10.6 Å². The molecule has 0 bridgehead atoms. The minimum Gasteiger partial charge on any atom is -0.355 e. The number of guanidine groups is 1. The molecule has 1 saturated heterocycles. The first-order valence-corrected chi connectivity index (χ1v) is 11.3. The highest BCUT2D eigenvalue weighted by atomic mass is 32.2. The summed E-state index contributed by atoms with van der Waals surface area (Å²) in [6.07, 6.45) is 6.69. The molecule has 2 aliphatic rings. The van der Waals surface area contributed by atoms with Crippen LogP contribution in [-0.2, 0) is 9.84 Å². The summed E-state index contributed by atoms with van der Waals surface area (Å²) in [4.78, 5) is 6.80. The van der Waals surface area contributed by atoms with Crippen molar-refractivity contribution >= 4 is 15.8 Å². The average molecular weight is 373 g/mol. The van der Waals surface area contributed by atoms with E-state index in [2.05, 4.69) is 20.5 Å². The van der Waals surface area contributed by atoms with Crippen molar-refractivity contribution in [2.75, 3.05) is 39.0 Å². The maximum atomic E-state index is 12.2. The first kappa shape index (κ1) is 20.5. The highest BCUT2D eigenvalue weighted by Crippen LogP contribution is 2.26. The van der Waals surface area contributed by atoms with Crippen LogP contribution in [0, 0.1) is 5.92 Å². The zero-order chi connectivity index (χ0) is 18.5. The fourth-order valence-electron chi connectivity index (χ4n) is 3.67. The van der Waals surface area contributed by atoms with E-state index in [1.165, 1.54) is 32.2 Å². The molecule has 0 amide bonds. The smallest absolute Gasteiger partial charge is 0.191 e. The van der Waals surface area contributed by atoms with E-state index >= 15 is 0 Å². The summed E-state index contributed by atoms with van der Waals surface area (Å²) in [6.45, 7) is 9.04. The molecule has 1 atom stereocenters. The Morgan fingerprint density at radius 1 is 1.20 bits per heavy atom. The normalized spacial score (nSPS) is 24.0. The quantitative estimate of drug-likeness (QED) is 0.548. The van der Waals surface area contributed by atoms with Gasteiger partial charge < -0.3 is 15.5 Å². The molecule has 2 rings (SSSR count). The molecule has 1 aliphatic heterocycles. The number of rotatable bonds is 6. The molecule has 0 aromatic carbocycles. The van der Waals surface area contributed by atoms with Gasteiger partial charge in [0.2, 0.25) is 0 Å². The third kappa shape index (κ3) is 6.13. The van der Waals surface area contributed by atoms with Gasteiger partial charge in [0, 0.05) is 39.3 Å². The number of likely N-dealkylation sites (tertiary alicyclic amines) is 1. The average Bonchev–Trinajstić information content (AvgIpc) is 3.17. The van der Waals surface area contributed by atoms with Crippen molar-refractivity contribution < 1.29 is 8.42 Å². The Morgan fingerprint density at radius 2 is 1.88 bits per heavy atom. The van der Waals surface area contributed by atoms with E-state index in [9.17, 15) is 8.42 Å². The van der Waals surface area contributed by atoms with Crippen LogP contribution in [0.4, 0.5) is 0 Å². The topological polar surface area (TPSA) is 73.8 Å². The van der Waals surface area contributed by atoms with Gasteiger partial charge in [-0.3, -0.25) is 4.99 Å². The summed E-state index contributed by atoms with van der Waals surface area (Å²) < 4.78 is 23.6. The molecular weight excluding hydrogens is 336 g/mol. The second kappa shape index (κ2) is 8.71. The lowest BCUT2D eigenvalue weighted by Gasteiger charge is -2.22. The zero-order valence-corrected chi connectivity index (χ0v) is 17.2. The predicted octanol–water partition coefficient (Wildman–Crippen LogP) is 1.63. The number of aliphatic imine (C=N–C) groups is 1. The standard InChI is InChI=1S/C18H36N4O2S/c1-18(2,3)25(23,24)12-10-20-17(19-4)21-16-9-11-22(14-16)13-15-7-5-6-8-15/h15-16H,5-14H2,1-4H3,(H2,19,20,21). The van der Waals surface area contributed by atoms with Gasteiger partial charge in [0.1, 0.15) is 0 Å². The van der Waals surface area contributed by atoms with E-state index in [0.29, 0.717) is 18.5 Å². The largest absolute Gasteiger partial charge is 0.355 e. The predicted molar refractivity (Wildman–Crippen MR) is 105 cm³/mol. The Labute approximate surface area is 153 Å². The highest BCUT2D eigenvalue weighted by Gasteiger charge is 2.29. The van der Waals surface area contributed by atoms with E-state index in [0.717, 1.165) is 25.4 Å². The first-order valence-electron chi connectivity index (χ1n) is 9.63. The van der Waals surface area contributed by atoms with Crippen LogP contribution in [0.1, 0.15) is 52.9 Å². The number of nitrogens with zero attached hydrogens (tertiary/aromatic N) is 2. The molecule has 1 heterocycles. The third-order valence-electron chi connectivity index (χ3n) is 5.42. The van der Waals surface area contributed by atoms with Crippen LogP contribution >= 0.6 is 0 Å². The molecule has 1 unspecified atom stereocenters. The van der Waals surface area contributed by atoms with Gasteiger partial charge in [0.25, 0.3) is 0 Å². The minimum atomic E-state index is -3.10. The second-order valence-electron chi connectivity index (χ2n) is 8.47. The molecule has 6 nitrogen and oxygen atoms in total. The molecule has 0 aromatic heterocycles. The molecule has 2 fully saturated rings. The summed E-state index contributed by atoms with van der Waals surface area (Å²) >= 11 is 0. The van der Waals surface area contributed by atoms with E-state index in [1.54, 1.807) is 27.8 Å². The van der Waals surface area contributed by atoms with Gasteiger partial charge in [0.05, 0.1) is 10.5 Å². The lowest BCUT2D eigenvalue weighted by Crippen LogP contribution is -2.46. The van der Waals surface area contributed by atoms with Gasteiger partial charge >= 0.3 is 0 Å². The molecule has 2 N–H and O–H groups in total. The van der Waals surface area contributed by atoms with Crippen molar-refractivity contribution in [3.05, 3.63) is 0 Å². The Kier molecular flexibility index (Phi) is 7.14. The summed E-state index contributed by atoms with van der Waals surface area (Å²) in [5.74, 6) is 1.71. The molecule has 0 spiro atoms. The van der Waals surface area contributed by atoms with Crippen molar-refractivity contribution in [2.24, 2.45) is 10.9 Å². The van der Waals surface area contributed by atoms with E-state index in [1.807, 2.05) is 0 Å². The minimum absolute atomic E-state index is 0.121. The van der Waals surface area contributed by atoms with Crippen molar-refractivity contribution in [1.29, 1.82) is 0 Å². The molecule has 1 aliphatic carbocycles. The summed E-state index contributed by atoms with van der Waals surface area (Å²) in [7, 11) is -1.37. The van der Waals surface area contributed by atoms with Crippen LogP contribution in [0.2, 0.25) is 0 Å². The van der Waals surface area contributed by atoms with E-state index in [4.69, 9.17) is 0 Å². The van der Waals surface area contributed by atoms with Gasteiger partial charge in [0.15, 0.2) is 15.8 Å². The maximum absolute atomic E-state index is 12.2. The Morgan fingerprint density at radius 3 is 2.48 bits per heavy atom. The zero-order valence-electron chi connectivity index (χ0n) is 16.3. The molecule has 1 saturated carbocycles. The molecular formula is C18H36N4O2S. The van der Waals surface area contributed by atoms with E-state index in [-0.39, 0.29) is 5.75 Å². The van der Waals surface area contributed by atoms with Crippen LogP contribution in [0.3, 0.4) is 0 Å². The number of nitrogens with one attached hydrogen (secondary N) is 2. The van der Waals surface area contributed by atoms with Crippen molar-refractivity contribution in [3.63, 3.8) is 0 Å². The SMILES string of the molecule is CN=C(NCCS(=O)(=O)C(C)(C)C)NC1CCN(CC2CCCC2)C1. The Bertz CT molecular complexity index is 548. The lowest BCUT2D eigenvalue weighted by atomic mass is 10.1. The van der Waals surface area contributed by atoms with Gasteiger partial charge in [-0.25, -0.2) is 8.42 Å². The molecule has 7 heteroatoms. The first-order chi connectivity index (χ1) is 11.7. The lowest BCUT2D eigenvalue weighted by molar-refractivity contribution is 0.275. The second-order valence-corrected chi connectivity index (χ2v) is 11.3. The van der Waals surface area contributed by atoms with Crippen LogP contribution in [0.15, 0.2) is 4.99 Å². The van der Waals surface area contributed by atoms with Crippen molar-refractivity contribution in [3.8, 4) is 0 Å². The van der Waals surface area contributed by atoms with Crippen molar-refractivity contribution in [2.45, 2.75) is 63.7 Å². The summed E-state index contributed by atoms with van der Waals surface area (Å²) in [5, 5.41) is 6.60. The van der Waals surface area contributed by atoms with Gasteiger partial charge in [-0.05, 0) is 46.0 Å². The molecule has 25 heavy (non-hydrogen) atoms. The molecule has 0 radical (unpaired) electrons. The van der Waals surface area contributed by atoms with Gasteiger partial charge in [-0.2, -0.15) is 0 Å². The summed E-state index contributed by atoms with van der Waals surface area (Å²) in [5.41, 5.74) is 0. The Balaban J connectivity index is 1.71. The monoisotopic (exact) mass is 372 g/mol. The van der Waals surface area contributed by atoms with E-state index < -0.39 is 14.6 Å². The van der Waals surface area contributed by atoms with Gasteiger partial charge in [-0.1, -0.05) is 12.8 Å². The van der Waals surface area contributed by atoms with Crippen LogP contribution in [0.5, 0.6) is 0 Å². The third-order valence-corrected chi connectivity index (χ3v) is 8.03.